The summed E-state index contributed by atoms with van der Waals surface area (Å²) < 4.78 is 0. The Labute approximate surface area is 86.8 Å². The van der Waals surface area contributed by atoms with Gasteiger partial charge in [-0.25, -0.2) is 10.3 Å². The fourth-order valence-corrected chi connectivity index (χ4v) is 2.44. The molecule has 76 valence electrons. The Morgan fingerprint density at radius 1 is 1.20 bits per heavy atom. The molecule has 1 aromatic rings. The third-order valence-electron chi connectivity index (χ3n) is 3.04. The molecule has 0 saturated carbocycles. The molecular formula is C11H10N2O2. The first-order valence-electron chi connectivity index (χ1n) is 4.82. The summed E-state index contributed by atoms with van der Waals surface area (Å²) in [6.45, 7) is 0. The molecule has 2 aliphatic heterocycles. The van der Waals surface area contributed by atoms with Crippen molar-refractivity contribution in [1.82, 2.24) is 10.4 Å². The summed E-state index contributed by atoms with van der Waals surface area (Å²) >= 11 is 0. The van der Waals surface area contributed by atoms with E-state index in [2.05, 4.69) is 0 Å². The van der Waals surface area contributed by atoms with Gasteiger partial charge in [0, 0.05) is 0 Å². The van der Waals surface area contributed by atoms with E-state index in [9.17, 15) is 4.79 Å². The zero-order valence-electron chi connectivity index (χ0n) is 7.92. The Morgan fingerprint density at radius 2 is 1.73 bits per heavy atom. The Morgan fingerprint density at radius 3 is 2.20 bits per heavy atom. The van der Waals surface area contributed by atoms with Gasteiger partial charge in [-0.15, -0.1) is 0 Å². The molecule has 0 radical (unpaired) electrons. The number of hydrogen-bond acceptors (Lipinski definition) is 2. The Hall–Kier alpha value is -1.81. The van der Waals surface area contributed by atoms with Gasteiger partial charge in [0.2, 0.25) is 0 Å². The predicted molar refractivity (Wildman–Crippen MR) is 53.2 cm³/mol. The number of benzene rings is 1. The van der Waals surface area contributed by atoms with Gasteiger partial charge in [0.15, 0.2) is 0 Å². The van der Waals surface area contributed by atoms with E-state index in [1.54, 1.807) is 10.4 Å². The van der Waals surface area contributed by atoms with Gasteiger partial charge in [-0.2, -0.15) is 0 Å². The van der Waals surface area contributed by atoms with Crippen LogP contribution in [-0.2, 0) is 0 Å². The van der Waals surface area contributed by atoms with Crippen molar-refractivity contribution in [2.24, 2.45) is 0 Å². The number of hydrogen-bond donors (Lipinski definition) is 2. The lowest BCUT2D eigenvalue weighted by atomic mass is 9.97. The number of nitrogens with one attached hydrogen (secondary N) is 1. The highest BCUT2D eigenvalue weighted by Gasteiger charge is 2.42. The van der Waals surface area contributed by atoms with Gasteiger partial charge >= 0.3 is 6.03 Å². The zero-order valence-corrected chi connectivity index (χ0v) is 7.92. The third kappa shape index (κ3) is 0.966. The first-order chi connectivity index (χ1) is 7.33. The van der Waals surface area contributed by atoms with Crippen molar-refractivity contribution in [2.45, 2.75) is 12.1 Å². The molecule has 0 aromatic heterocycles. The first kappa shape index (κ1) is 8.49. The summed E-state index contributed by atoms with van der Waals surface area (Å²) in [7, 11) is 0. The maximum absolute atomic E-state index is 11.5. The van der Waals surface area contributed by atoms with Crippen LogP contribution in [0.5, 0.6) is 0 Å². The van der Waals surface area contributed by atoms with Crippen LogP contribution in [0.1, 0.15) is 23.2 Å². The summed E-state index contributed by atoms with van der Waals surface area (Å²) in [5, 5.41) is 8.67. The van der Waals surface area contributed by atoms with Crippen LogP contribution >= 0.6 is 0 Å². The molecule has 0 saturated heterocycles. The predicted octanol–water partition coefficient (Wildman–Crippen LogP) is 1.75. The molecule has 2 N–H and O–H groups in total. The quantitative estimate of drug-likeness (QED) is 0.382. The van der Waals surface area contributed by atoms with Gasteiger partial charge in [0.05, 0.1) is 12.1 Å². The van der Waals surface area contributed by atoms with Crippen molar-refractivity contribution in [3.05, 3.63) is 47.5 Å². The third-order valence-corrected chi connectivity index (χ3v) is 3.04. The second-order valence-electron chi connectivity index (χ2n) is 3.73. The minimum Gasteiger partial charge on any atom is -0.302 e. The van der Waals surface area contributed by atoms with Crippen molar-refractivity contribution in [3.8, 4) is 0 Å². The van der Waals surface area contributed by atoms with Crippen molar-refractivity contribution in [3.63, 3.8) is 0 Å². The van der Waals surface area contributed by atoms with E-state index >= 15 is 0 Å². The van der Waals surface area contributed by atoms with Gasteiger partial charge < -0.3 is 4.90 Å². The minimum atomic E-state index is -0.453. The van der Waals surface area contributed by atoms with Crippen molar-refractivity contribution < 1.29 is 10.0 Å². The van der Waals surface area contributed by atoms with Crippen LogP contribution in [0, 0.1) is 0 Å². The Bertz CT molecular complexity index is 423. The highest BCUT2D eigenvalue weighted by atomic mass is 16.5. The molecule has 2 heterocycles. The molecule has 4 heteroatoms. The van der Waals surface area contributed by atoms with Crippen molar-refractivity contribution >= 4 is 6.03 Å². The van der Waals surface area contributed by atoms with E-state index in [-0.39, 0.29) is 12.1 Å². The number of rotatable bonds is 0. The highest BCUT2D eigenvalue weighted by molar-refractivity contribution is 5.77. The van der Waals surface area contributed by atoms with Crippen LogP contribution in [0.25, 0.3) is 0 Å². The van der Waals surface area contributed by atoms with E-state index in [0.29, 0.717) is 0 Å². The maximum Gasteiger partial charge on any atom is 0.342 e. The number of hydroxylamine groups is 1. The SMILES string of the molecule is O=C(NO)N1C2C=CC1c1ccccc12. The summed E-state index contributed by atoms with van der Waals surface area (Å²) in [6.07, 6.45) is 3.98. The minimum absolute atomic E-state index is 0.0293. The molecule has 1 aromatic carbocycles. The van der Waals surface area contributed by atoms with E-state index in [1.165, 1.54) is 0 Å². The topological polar surface area (TPSA) is 52.6 Å². The number of urea groups is 1. The van der Waals surface area contributed by atoms with Gasteiger partial charge in [0.1, 0.15) is 0 Å². The molecule has 2 atom stereocenters. The van der Waals surface area contributed by atoms with Crippen molar-refractivity contribution in [2.75, 3.05) is 0 Å². The van der Waals surface area contributed by atoms with Crippen molar-refractivity contribution in [1.29, 1.82) is 0 Å². The molecule has 15 heavy (non-hydrogen) atoms. The van der Waals surface area contributed by atoms with Crippen LogP contribution in [0.2, 0.25) is 0 Å². The summed E-state index contributed by atoms with van der Waals surface area (Å²) in [5.41, 5.74) is 3.98. The van der Waals surface area contributed by atoms with Gasteiger partial charge in [-0.05, 0) is 11.1 Å². The Balaban J connectivity index is 2.07. The molecule has 0 aliphatic carbocycles. The lowest BCUT2D eigenvalue weighted by molar-refractivity contribution is 0.122. The van der Waals surface area contributed by atoms with Crippen LogP contribution < -0.4 is 5.48 Å². The van der Waals surface area contributed by atoms with E-state index in [1.807, 2.05) is 36.4 Å². The summed E-state index contributed by atoms with van der Waals surface area (Å²) in [5.74, 6) is 0. The summed E-state index contributed by atoms with van der Waals surface area (Å²) in [6, 6.07) is 7.44. The average Bonchev–Trinajstić information content (AvgIpc) is 2.84. The number of fused-ring (bicyclic) bond motifs is 5. The van der Waals surface area contributed by atoms with Gasteiger partial charge in [0.25, 0.3) is 0 Å². The standard InChI is InChI=1S/C11H10N2O2/c14-11(12-15)13-9-5-6-10(13)8-4-2-1-3-7(8)9/h1-6,9-10,15H,(H,12,14). The molecule has 2 amide bonds. The molecule has 0 spiro atoms. The average molecular weight is 202 g/mol. The fourth-order valence-electron chi connectivity index (χ4n) is 2.44. The molecule has 2 bridgehead atoms. The van der Waals surface area contributed by atoms with Crippen LogP contribution in [0.3, 0.4) is 0 Å². The second kappa shape index (κ2) is 2.84. The van der Waals surface area contributed by atoms with Gasteiger partial charge in [-0.3, -0.25) is 5.21 Å². The number of carbonyl (C=O) groups is 1. The van der Waals surface area contributed by atoms with Gasteiger partial charge in [-0.1, -0.05) is 36.4 Å². The normalized spacial score (nSPS) is 25.5. The Kier molecular flexibility index (Phi) is 1.61. The molecule has 4 nitrogen and oxygen atoms in total. The molecule has 0 fully saturated rings. The van der Waals surface area contributed by atoms with E-state index < -0.39 is 6.03 Å². The zero-order chi connectivity index (χ0) is 10.4. The molecule has 2 aliphatic rings. The van der Waals surface area contributed by atoms with Crippen LogP contribution in [0.15, 0.2) is 36.4 Å². The number of amides is 2. The van der Waals surface area contributed by atoms with E-state index in [4.69, 9.17) is 5.21 Å². The summed E-state index contributed by atoms with van der Waals surface area (Å²) in [4.78, 5) is 13.1. The smallest absolute Gasteiger partial charge is 0.302 e. The molecular weight excluding hydrogens is 192 g/mol. The van der Waals surface area contributed by atoms with E-state index in [0.717, 1.165) is 11.1 Å². The van der Waals surface area contributed by atoms with Crippen LogP contribution in [-0.4, -0.2) is 16.1 Å². The lowest BCUT2D eigenvalue weighted by Crippen LogP contribution is -2.36. The maximum atomic E-state index is 11.5. The molecule has 2 unspecified atom stereocenters. The fraction of sp³-hybridized carbons (Fsp3) is 0.182. The highest BCUT2D eigenvalue weighted by Crippen LogP contribution is 2.48. The molecule has 3 rings (SSSR count). The van der Waals surface area contributed by atoms with Crippen LogP contribution in [0.4, 0.5) is 4.79 Å². The lowest BCUT2D eigenvalue weighted by Gasteiger charge is -2.20. The number of carbonyl (C=O) groups excluding carboxylic acids is 1. The number of nitrogens with zero attached hydrogens (tertiary/aromatic N) is 1. The largest absolute Gasteiger partial charge is 0.342 e. The first-order valence-corrected chi connectivity index (χ1v) is 4.82. The monoisotopic (exact) mass is 202 g/mol. The second-order valence-corrected chi connectivity index (χ2v) is 3.73.